The van der Waals surface area contributed by atoms with Gasteiger partial charge in [-0.2, -0.15) is 5.10 Å². The number of hydrogen-bond donors (Lipinski definition) is 0. The third kappa shape index (κ3) is 3.67. The number of nitrogens with zero attached hydrogens (tertiary/aromatic N) is 4. The van der Waals surface area contributed by atoms with Crippen molar-refractivity contribution in [2.75, 3.05) is 20.7 Å². The Morgan fingerprint density at radius 1 is 1.30 bits per heavy atom. The van der Waals surface area contributed by atoms with Crippen LogP contribution >= 0.6 is 0 Å². The molecule has 140 valence electrons. The number of carbonyl (C=O) groups is 1. The highest BCUT2D eigenvalue weighted by Gasteiger charge is 2.20. The van der Waals surface area contributed by atoms with Gasteiger partial charge in [-0.3, -0.25) is 0 Å². The lowest BCUT2D eigenvalue weighted by Gasteiger charge is -2.09. The van der Waals surface area contributed by atoms with Crippen LogP contribution in [0.2, 0.25) is 0 Å². The molecule has 0 bridgehead atoms. The van der Waals surface area contributed by atoms with Gasteiger partial charge in [0.05, 0.1) is 18.0 Å². The first-order chi connectivity index (χ1) is 12.9. The molecule has 0 atom stereocenters. The Labute approximate surface area is 156 Å². The van der Waals surface area contributed by atoms with E-state index in [9.17, 15) is 9.18 Å². The van der Waals surface area contributed by atoms with Crippen LogP contribution in [0.5, 0.6) is 0 Å². The van der Waals surface area contributed by atoms with E-state index in [2.05, 4.69) is 10.1 Å². The average molecular weight is 368 g/mol. The fraction of sp³-hybridized carbons (Fsp3) is 0.250. The minimum atomic E-state index is -0.457. The summed E-state index contributed by atoms with van der Waals surface area (Å²) in [7, 11) is 3.77. The topological polar surface area (TPSA) is 59.7 Å². The summed E-state index contributed by atoms with van der Waals surface area (Å²) >= 11 is 0. The second-order valence-electron chi connectivity index (χ2n) is 6.26. The van der Waals surface area contributed by atoms with E-state index >= 15 is 0 Å². The zero-order chi connectivity index (χ0) is 19.6. The smallest absolute Gasteiger partial charge is 0.341 e. The van der Waals surface area contributed by atoms with Crippen molar-refractivity contribution >= 4 is 17.7 Å². The summed E-state index contributed by atoms with van der Waals surface area (Å²) < 4.78 is 20.1. The predicted molar refractivity (Wildman–Crippen MR) is 102 cm³/mol. The van der Waals surface area contributed by atoms with Crippen LogP contribution in [0.1, 0.15) is 28.7 Å². The monoisotopic (exact) mass is 368 g/mol. The van der Waals surface area contributed by atoms with Gasteiger partial charge in [-0.15, -0.1) is 0 Å². The van der Waals surface area contributed by atoms with Crippen LogP contribution in [0.15, 0.2) is 36.7 Å². The molecule has 0 saturated heterocycles. The molecule has 3 rings (SSSR count). The van der Waals surface area contributed by atoms with E-state index in [-0.39, 0.29) is 12.4 Å². The number of rotatable bonds is 5. The van der Waals surface area contributed by atoms with E-state index in [1.807, 2.05) is 32.1 Å². The van der Waals surface area contributed by atoms with Gasteiger partial charge in [0, 0.05) is 32.1 Å². The van der Waals surface area contributed by atoms with Crippen molar-refractivity contribution in [3.8, 4) is 11.1 Å². The molecule has 7 heteroatoms. The highest BCUT2D eigenvalue weighted by Crippen LogP contribution is 2.29. The van der Waals surface area contributed by atoms with Gasteiger partial charge in [-0.05, 0) is 37.6 Å². The third-order valence-corrected chi connectivity index (χ3v) is 4.01. The summed E-state index contributed by atoms with van der Waals surface area (Å²) in [4.78, 5) is 18.7. The van der Waals surface area contributed by atoms with E-state index in [0.717, 1.165) is 16.8 Å². The Kier molecular flexibility index (Phi) is 5.21. The maximum absolute atomic E-state index is 13.3. The Morgan fingerprint density at radius 3 is 2.63 bits per heavy atom. The van der Waals surface area contributed by atoms with Crippen LogP contribution in [0.4, 0.5) is 4.39 Å². The standard InChI is InChI=1S/C20H21FN4O2/c1-5-27-20(26)16-12-22-19-18(14-6-8-15(21)9-7-14)13(2)23-25(19)17(16)10-11-24(3)4/h6-12H,5H2,1-4H3. The largest absolute Gasteiger partial charge is 0.462 e. The molecule has 0 aliphatic rings. The minimum Gasteiger partial charge on any atom is -0.462 e. The van der Waals surface area contributed by atoms with Crippen LogP contribution in [-0.2, 0) is 4.74 Å². The molecule has 2 heterocycles. The summed E-state index contributed by atoms with van der Waals surface area (Å²) in [6, 6.07) is 6.18. The number of esters is 1. The molecule has 0 spiro atoms. The Balaban J connectivity index is 2.25. The third-order valence-electron chi connectivity index (χ3n) is 4.01. The Bertz CT molecular complexity index is 1010. The van der Waals surface area contributed by atoms with Crippen molar-refractivity contribution in [3.05, 3.63) is 59.4 Å². The van der Waals surface area contributed by atoms with Gasteiger partial charge in [-0.25, -0.2) is 18.7 Å². The molecular formula is C20H21FN4O2. The zero-order valence-electron chi connectivity index (χ0n) is 15.7. The van der Waals surface area contributed by atoms with Gasteiger partial charge in [0.25, 0.3) is 0 Å². The van der Waals surface area contributed by atoms with Crippen molar-refractivity contribution in [3.63, 3.8) is 0 Å². The second kappa shape index (κ2) is 7.57. The molecule has 0 N–H and O–H groups in total. The molecule has 6 nitrogen and oxygen atoms in total. The molecular weight excluding hydrogens is 347 g/mol. The molecule has 1 aromatic carbocycles. The molecule has 0 radical (unpaired) electrons. The molecule has 0 saturated carbocycles. The summed E-state index contributed by atoms with van der Waals surface area (Å²) in [5, 5.41) is 4.58. The van der Waals surface area contributed by atoms with Crippen LogP contribution in [0.3, 0.4) is 0 Å². The quantitative estimate of drug-likeness (QED) is 0.645. The highest BCUT2D eigenvalue weighted by atomic mass is 19.1. The van der Waals surface area contributed by atoms with Crippen molar-refractivity contribution < 1.29 is 13.9 Å². The van der Waals surface area contributed by atoms with E-state index in [0.29, 0.717) is 16.9 Å². The van der Waals surface area contributed by atoms with Gasteiger partial charge >= 0.3 is 5.97 Å². The first-order valence-corrected chi connectivity index (χ1v) is 8.58. The first-order valence-electron chi connectivity index (χ1n) is 8.58. The number of benzene rings is 1. The van der Waals surface area contributed by atoms with E-state index < -0.39 is 5.97 Å². The summed E-state index contributed by atoms with van der Waals surface area (Å²) in [6.45, 7) is 3.88. The van der Waals surface area contributed by atoms with E-state index in [1.165, 1.54) is 18.3 Å². The molecule has 0 amide bonds. The average Bonchev–Trinajstić information content (AvgIpc) is 2.96. The first kappa shape index (κ1) is 18.6. The number of aryl methyl sites for hydroxylation is 1. The number of carbonyl (C=O) groups excluding carboxylic acids is 1. The van der Waals surface area contributed by atoms with Gasteiger partial charge in [0.15, 0.2) is 5.65 Å². The van der Waals surface area contributed by atoms with Gasteiger partial charge in [-0.1, -0.05) is 12.1 Å². The number of fused-ring (bicyclic) bond motifs is 1. The molecule has 0 unspecified atom stereocenters. The van der Waals surface area contributed by atoms with Crippen LogP contribution in [0, 0.1) is 12.7 Å². The SMILES string of the molecule is CCOC(=O)c1cnc2c(-c3ccc(F)cc3)c(C)nn2c1C=CN(C)C. The molecule has 0 aliphatic heterocycles. The second-order valence-corrected chi connectivity index (χ2v) is 6.26. The predicted octanol–water partition coefficient (Wildman–Crippen LogP) is 3.55. The van der Waals surface area contributed by atoms with Crippen molar-refractivity contribution in [2.45, 2.75) is 13.8 Å². The normalized spacial score (nSPS) is 11.3. The van der Waals surface area contributed by atoms with Crippen LogP contribution < -0.4 is 0 Å². The zero-order valence-corrected chi connectivity index (χ0v) is 15.7. The van der Waals surface area contributed by atoms with Gasteiger partial charge in [0.1, 0.15) is 11.4 Å². The number of aromatic nitrogens is 3. The number of hydrogen-bond acceptors (Lipinski definition) is 5. The molecule has 27 heavy (non-hydrogen) atoms. The van der Waals surface area contributed by atoms with E-state index in [1.54, 1.807) is 29.6 Å². The Morgan fingerprint density at radius 2 is 2.00 bits per heavy atom. The number of ether oxygens (including phenoxy) is 1. The van der Waals surface area contributed by atoms with Crippen molar-refractivity contribution in [2.24, 2.45) is 0 Å². The summed E-state index contributed by atoms with van der Waals surface area (Å²) in [6.07, 6.45) is 5.12. The van der Waals surface area contributed by atoms with Crippen LogP contribution in [-0.4, -0.2) is 46.2 Å². The fourth-order valence-corrected chi connectivity index (χ4v) is 2.81. The maximum atomic E-state index is 13.3. The van der Waals surface area contributed by atoms with E-state index in [4.69, 9.17) is 4.74 Å². The number of halogens is 1. The van der Waals surface area contributed by atoms with Crippen molar-refractivity contribution in [1.29, 1.82) is 0 Å². The van der Waals surface area contributed by atoms with Crippen LogP contribution in [0.25, 0.3) is 22.9 Å². The minimum absolute atomic E-state index is 0.271. The molecule has 3 aromatic rings. The highest BCUT2D eigenvalue weighted by molar-refractivity contribution is 5.93. The van der Waals surface area contributed by atoms with Crippen molar-refractivity contribution in [1.82, 2.24) is 19.5 Å². The molecule has 0 fully saturated rings. The molecule has 2 aromatic heterocycles. The Hall–Kier alpha value is -3.22. The lowest BCUT2D eigenvalue weighted by Crippen LogP contribution is -2.12. The lowest BCUT2D eigenvalue weighted by atomic mass is 10.1. The maximum Gasteiger partial charge on any atom is 0.341 e. The summed E-state index contributed by atoms with van der Waals surface area (Å²) in [5.41, 5.74) is 3.83. The van der Waals surface area contributed by atoms with Gasteiger partial charge in [0.2, 0.25) is 0 Å². The fourth-order valence-electron chi connectivity index (χ4n) is 2.81. The van der Waals surface area contributed by atoms with Gasteiger partial charge < -0.3 is 9.64 Å². The summed E-state index contributed by atoms with van der Waals surface area (Å²) in [5.74, 6) is -0.762. The lowest BCUT2D eigenvalue weighted by molar-refractivity contribution is 0.0525. The molecule has 0 aliphatic carbocycles.